The number of rotatable bonds is 4. The molecule has 0 saturated carbocycles. The number of nitrogens with zero attached hydrogens (tertiary/aromatic N) is 3. The van der Waals surface area contributed by atoms with Gasteiger partial charge in [-0.2, -0.15) is 0 Å². The topological polar surface area (TPSA) is 63.2 Å². The van der Waals surface area contributed by atoms with Crippen LogP contribution in [0.5, 0.6) is 0 Å². The van der Waals surface area contributed by atoms with Crippen LogP contribution in [0.25, 0.3) is 0 Å². The van der Waals surface area contributed by atoms with Gasteiger partial charge < -0.3 is 4.90 Å². The van der Waals surface area contributed by atoms with Gasteiger partial charge in [0.05, 0.1) is 5.75 Å². The predicted molar refractivity (Wildman–Crippen MR) is 109 cm³/mol. The van der Waals surface area contributed by atoms with Crippen molar-refractivity contribution in [3.8, 4) is 0 Å². The minimum Gasteiger partial charge on any atom is -0.306 e. The van der Waals surface area contributed by atoms with E-state index >= 15 is 0 Å². The largest absolute Gasteiger partial charge is 0.306 e. The van der Waals surface area contributed by atoms with E-state index in [0.717, 1.165) is 23.2 Å². The second kappa shape index (κ2) is 7.43. The SMILES string of the molecule is CC(=O)c1cc2c(cc1C)C(C)CC(C)(C)N2C(=O)CSc1ncccn1. The zero-order valence-electron chi connectivity index (χ0n) is 16.4. The number of hydrogen-bond donors (Lipinski definition) is 0. The van der Waals surface area contributed by atoms with Crippen molar-refractivity contribution in [2.75, 3.05) is 10.7 Å². The third-order valence-electron chi connectivity index (χ3n) is 5.05. The highest BCUT2D eigenvalue weighted by atomic mass is 32.2. The standard InChI is InChI=1S/C21H25N3O2S/c1-13-9-17-14(2)11-21(4,5)24(18(17)10-16(13)15(3)25)19(26)12-27-20-22-7-6-8-23-20/h6-10,14H,11-12H2,1-5H3. The van der Waals surface area contributed by atoms with Crippen LogP contribution >= 0.6 is 11.8 Å². The van der Waals surface area contributed by atoms with Crippen LogP contribution in [0.4, 0.5) is 5.69 Å². The fourth-order valence-electron chi connectivity index (χ4n) is 3.99. The average molecular weight is 384 g/mol. The quantitative estimate of drug-likeness (QED) is 0.445. The number of carbonyl (C=O) groups is 2. The maximum Gasteiger partial charge on any atom is 0.237 e. The number of thioether (sulfide) groups is 1. The zero-order valence-corrected chi connectivity index (χ0v) is 17.3. The average Bonchev–Trinajstić information content (AvgIpc) is 2.60. The lowest BCUT2D eigenvalue weighted by molar-refractivity contribution is -0.117. The number of aryl methyl sites for hydroxylation is 1. The van der Waals surface area contributed by atoms with Crippen molar-refractivity contribution in [1.29, 1.82) is 0 Å². The lowest BCUT2D eigenvalue weighted by Crippen LogP contribution is -2.52. The third-order valence-corrected chi connectivity index (χ3v) is 5.91. The number of aromatic nitrogens is 2. The summed E-state index contributed by atoms with van der Waals surface area (Å²) in [5, 5.41) is 0.586. The molecule has 0 radical (unpaired) electrons. The van der Waals surface area contributed by atoms with Crippen molar-refractivity contribution in [2.24, 2.45) is 0 Å². The summed E-state index contributed by atoms with van der Waals surface area (Å²) < 4.78 is 0. The summed E-state index contributed by atoms with van der Waals surface area (Å²) in [7, 11) is 0. The smallest absolute Gasteiger partial charge is 0.237 e. The minimum atomic E-state index is -0.328. The summed E-state index contributed by atoms with van der Waals surface area (Å²) in [6.07, 6.45) is 4.21. The van der Waals surface area contributed by atoms with E-state index in [4.69, 9.17) is 0 Å². The molecule has 6 heteroatoms. The van der Waals surface area contributed by atoms with Gasteiger partial charge >= 0.3 is 0 Å². The van der Waals surface area contributed by atoms with E-state index in [0.29, 0.717) is 16.6 Å². The Morgan fingerprint density at radius 2 is 1.93 bits per heavy atom. The van der Waals surface area contributed by atoms with Crippen molar-refractivity contribution < 1.29 is 9.59 Å². The summed E-state index contributed by atoms with van der Waals surface area (Å²) in [6.45, 7) is 9.88. The normalized spacial score (nSPS) is 18.1. The Hall–Kier alpha value is -2.21. The van der Waals surface area contributed by atoms with Gasteiger partial charge in [-0.15, -0.1) is 0 Å². The Bertz CT molecular complexity index is 880. The third kappa shape index (κ3) is 3.90. The van der Waals surface area contributed by atoms with E-state index in [1.54, 1.807) is 25.4 Å². The molecule has 0 bridgehead atoms. The molecule has 5 nitrogen and oxygen atoms in total. The van der Waals surface area contributed by atoms with Crippen molar-refractivity contribution >= 4 is 29.1 Å². The highest BCUT2D eigenvalue weighted by Crippen LogP contribution is 2.44. The van der Waals surface area contributed by atoms with E-state index in [1.807, 2.05) is 17.9 Å². The number of hydrogen-bond acceptors (Lipinski definition) is 5. The van der Waals surface area contributed by atoms with Crippen LogP contribution in [-0.2, 0) is 4.79 Å². The first-order valence-corrected chi connectivity index (χ1v) is 10.1. The molecule has 0 aliphatic carbocycles. The van der Waals surface area contributed by atoms with Crippen molar-refractivity contribution in [3.05, 3.63) is 47.3 Å². The fraction of sp³-hybridized carbons (Fsp3) is 0.429. The van der Waals surface area contributed by atoms with Crippen LogP contribution in [-0.4, -0.2) is 33.0 Å². The fourth-order valence-corrected chi connectivity index (χ4v) is 4.64. The van der Waals surface area contributed by atoms with Gasteiger partial charge in [0.25, 0.3) is 0 Å². The Kier molecular flexibility index (Phi) is 5.38. The molecule has 1 atom stereocenters. The molecule has 1 aromatic carbocycles. The first kappa shape index (κ1) is 19.5. The van der Waals surface area contributed by atoms with Gasteiger partial charge in [0, 0.05) is 29.2 Å². The molecule has 0 saturated heterocycles. The van der Waals surface area contributed by atoms with Crippen LogP contribution in [0.15, 0.2) is 35.7 Å². The van der Waals surface area contributed by atoms with Crippen LogP contribution in [0.1, 0.15) is 61.5 Å². The first-order valence-electron chi connectivity index (χ1n) is 9.09. The first-order chi connectivity index (χ1) is 12.7. The van der Waals surface area contributed by atoms with E-state index in [1.165, 1.54) is 11.8 Å². The summed E-state index contributed by atoms with van der Waals surface area (Å²) in [4.78, 5) is 35.5. The number of benzene rings is 1. The maximum atomic E-state index is 13.2. The van der Waals surface area contributed by atoms with Gasteiger partial charge in [0.1, 0.15) is 0 Å². The van der Waals surface area contributed by atoms with Crippen molar-refractivity contribution in [3.63, 3.8) is 0 Å². The molecule has 0 spiro atoms. The molecule has 142 valence electrons. The Morgan fingerprint density at radius 1 is 1.26 bits per heavy atom. The van der Waals surface area contributed by atoms with E-state index in [2.05, 4.69) is 36.8 Å². The second-order valence-corrected chi connectivity index (χ2v) is 8.69. The lowest BCUT2D eigenvalue weighted by Gasteiger charge is -2.46. The molecule has 27 heavy (non-hydrogen) atoms. The van der Waals surface area contributed by atoms with Crippen molar-refractivity contribution in [1.82, 2.24) is 9.97 Å². The highest BCUT2D eigenvalue weighted by Gasteiger charge is 2.40. The summed E-state index contributed by atoms with van der Waals surface area (Å²) in [5.74, 6) is 0.600. The summed E-state index contributed by atoms with van der Waals surface area (Å²) in [5.41, 5.74) is 3.30. The molecule has 1 aromatic heterocycles. The van der Waals surface area contributed by atoms with E-state index < -0.39 is 0 Å². The molecule has 1 amide bonds. The molecule has 2 aromatic rings. The van der Waals surface area contributed by atoms with Crippen molar-refractivity contribution in [2.45, 2.75) is 57.7 Å². The number of amides is 1. The van der Waals surface area contributed by atoms with Crippen LogP contribution in [0, 0.1) is 6.92 Å². The number of Topliss-reactive ketones (excluding diaryl/α,β-unsaturated/α-hetero) is 1. The van der Waals surface area contributed by atoms with Gasteiger partial charge in [0.15, 0.2) is 10.9 Å². The molecular formula is C21H25N3O2S. The lowest BCUT2D eigenvalue weighted by atomic mass is 9.78. The summed E-state index contributed by atoms with van der Waals surface area (Å²) >= 11 is 1.33. The maximum absolute atomic E-state index is 13.2. The molecule has 0 N–H and O–H groups in total. The molecular weight excluding hydrogens is 358 g/mol. The summed E-state index contributed by atoms with van der Waals surface area (Å²) in [6, 6.07) is 5.72. The number of anilines is 1. The number of ketones is 1. The van der Waals surface area contributed by atoms with Crippen LogP contribution in [0.2, 0.25) is 0 Å². The molecule has 1 unspecified atom stereocenters. The van der Waals surface area contributed by atoms with Gasteiger partial charge in [-0.25, -0.2) is 9.97 Å². The second-order valence-electron chi connectivity index (χ2n) is 7.75. The Labute approximate surface area is 164 Å². The monoisotopic (exact) mass is 383 g/mol. The molecule has 0 fully saturated rings. The van der Waals surface area contributed by atoms with Gasteiger partial charge in [-0.1, -0.05) is 24.8 Å². The zero-order chi connectivity index (χ0) is 19.8. The molecule has 1 aliphatic heterocycles. The predicted octanol–water partition coefficient (Wildman–Crippen LogP) is 4.40. The van der Waals surface area contributed by atoms with E-state index in [9.17, 15) is 9.59 Å². The Morgan fingerprint density at radius 3 is 2.56 bits per heavy atom. The van der Waals surface area contributed by atoms with Crippen LogP contribution in [0.3, 0.4) is 0 Å². The molecule has 2 heterocycles. The van der Waals surface area contributed by atoms with Gasteiger partial charge in [-0.05, 0) is 63.3 Å². The van der Waals surface area contributed by atoms with Gasteiger partial charge in [0.2, 0.25) is 5.91 Å². The molecule has 3 rings (SSSR count). The minimum absolute atomic E-state index is 0.00366. The Balaban J connectivity index is 1.98. The van der Waals surface area contributed by atoms with Crippen LogP contribution < -0.4 is 4.90 Å². The highest BCUT2D eigenvalue weighted by molar-refractivity contribution is 7.99. The number of fused-ring (bicyclic) bond motifs is 1. The molecule has 1 aliphatic rings. The van der Waals surface area contributed by atoms with Gasteiger partial charge in [-0.3, -0.25) is 9.59 Å². The van der Waals surface area contributed by atoms with E-state index in [-0.39, 0.29) is 23.0 Å². The number of carbonyl (C=O) groups excluding carboxylic acids is 2.